The van der Waals surface area contributed by atoms with E-state index in [-0.39, 0.29) is 5.60 Å². The predicted molar refractivity (Wildman–Crippen MR) is 78.5 cm³/mol. The van der Waals surface area contributed by atoms with E-state index < -0.39 is 0 Å². The summed E-state index contributed by atoms with van der Waals surface area (Å²) in [7, 11) is 0. The van der Waals surface area contributed by atoms with Crippen molar-refractivity contribution in [2.45, 2.75) is 41.7 Å². The molecule has 2 aliphatic heterocycles. The minimum absolute atomic E-state index is 0.0139. The van der Waals surface area contributed by atoms with Crippen molar-refractivity contribution in [1.82, 2.24) is 9.97 Å². The van der Waals surface area contributed by atoms with E-state index in [4.69, 9.17) is 20.9 Å². The molecule has 4 N–H and O–H groups in total. The number of nitrogens with two attached hydrogens (primary N) is 2. The standard InChI is InChI=1S/C13H20N4O2S/c14-10-7-11(15)17-12(16-10)20-9-1-4-19-13(8-9)2-5-18-6-3-13/h7,9H,1-6,8H2,(H4,14,15,16,17). The van der Waals surface area contributed by atoms with E-state index in [9.17, 15) is 0 Å². The Hall–Kier alpha value is -1.05. The van der Waals surface area contributed by atoms with Crippen LogP contribution in [-0.2, 0) is 9.47 Å². The third kappa shape index (κ3) is 3.16. The molecule has 3 rings (SSSR count). The zero-order valence-electron chi connectivity index (χ0n) is 11.4. The maximum atomic E-state index is 6.04. The molecule has 1 spiro atoms. The summed E-state index contributed by atoms with van der Waals surface area (Å²) in [5.74, 6) is 0.848. The zero-order valence-corrected chi connectivity index (χ0v) is 12.2. The molecule has 2 fully saturated rings. The molecule has 0 bridgehead atoms. The number of nitrogens with zero attached hydrogens (tertiary/aromatic N) is 2. The van der Waals surface area contributed by atoms with Crippen LogP contribution < -0.4 is 11.5 Å². The van der Waals surface area contributed by atoms with Crippen molar-refractivity contribution in [3.8, 4) is 0 Å². The first-order valence-electron chi connectivity index (χ1n) is 6.94. The second kappa shape index (κ2) is 5.75. The zero-order chi connectivity index (χ0) is 14.0. The van der Waals surface area contributed by atoms with Crippen molar-refractivity contribution in [2.24, 2.45) is 0 Å². The summed E-state index contributed by atoms with van der Waals surface area (Å²) in [5, 5.41) is 1.11. The fraction of sp³-hybridized carbons (Fsp3) is 0.692. The second-order valence-corrected chi connectivity index (χ2v) is 6.64. The smallest absolute Gasteiger partial charge is 0.191 e. The van der Waals surface area contributed by atoms with Crippen LogP contribution in [-0.4, -0.2) is 40.6 Å². The van der Waals surface area contributed by atoms with Crippen molar-refractivity contribution in [3.05, 3.63) is 6.07 Å². The van der Waals surface area contributed by atoms with E-state index >= 15 is 0 Å². The third-order valence-electron chi connectivity index (χ3n) is 3.87. The number of hydrogen-bond acceptors (Lipinski definition) is 7. The lowest BCUT2D eigenvalue weighted by Gasteiger charge is -2.42. The summed E-state index contributed by atoms with van der Waals surface area (Å²) in [6.45, 7) is 2.37. The van der Waals surface area contributed by atoms with Gasteiger partial charge in [-0.2, -0.15) is 0 Å². The molecule has 0 aromatic carbocycles. The lowest BCUT2D eigenvalue weighted by Crippen LogP contribution is -2.45. The van der Waals surface area contributed by atoms with Crippen molar-refractivity contribution in [1.29, 1.82) is 0 Å². The highest BCUT2D eigenvalue weighted by Gasteiger charge is 2.39. The molecule has 7 heteroatoms. The van der Waals surface area contributed by atoms with Gasteiger partial charge in [-0.15, -0.1) is 0 Å². The lowest BCUT2D eigenvalue weighted by atomic mass is 9.86. The minimum Gasteiger partial charge on any atom is -0.383 e. The molecule has 1 atom stereocenters. The highest BCUT2D eigenvalue weighted by Crippen LogP contribution is 2.40. The van der Waals surface area contributed by atoms with E-state index in [2.05, 4.69) is 9.97 Å². The summed E-state index contributed by atoms with van der Waals surface area (Å²) in [4.78, 5) is 8.49. The molecule has 0 amide bonds. The van der Waals surface area contributed by atoms with Gasteiger partial charge in [0.15, 0.2) is 5.16 Å². The summed E-state index contributed by atoms with van der Waals surface area (Å²) < 4.78 is 11.5. The van der Waals surface area contributed by atoms with Crippen LogP contribution in [0.2, 0.25) is 0 Å². The van der Waals surface area contributed by atoms with Gasteiger partial charge in [0.05, 0.1) is 5.60 Å². The van der Waals surface area contributed by atoms with Gasteiger partial charge in [0.1, 0.15) is 11.6 Å². The molecule has 1 aromatic heterocycles. The molecule has 1 aromatic rings. The number of anilines is 2. The molecule has 0 aliphatic carbocycles. The number of rotatable bonds is 2. The van der Waals surface area contributed by atoms with E-state index in [1.54, 1.807) is 17.8 Å². The normalized spacial score (nSPS) is 25.7. The first-order valence-corrected chi connectivity index (χ1v) is 7.82. The summed E-state index contributed by atoms with van der Waals surface area (Å²) in [5.41, 5.74) is 11.4. The molecule has 110 valence electrons. The first kappa shape index (κ1) is 13.9. The molecule has 20 heavy (non-hydrogen) atoms. The monoisotopic (exact) mass is 296 g/mol. The fourth-order valence-electron chi connectivity index (χ4n) is 2.84. The van der Waals surface area contributed by atoms with Crippen LogP contribution >= 0.6 is 11.8 Å². The molecule has 2 aliphatic rings. The molecular formula is C13H20N4O2S. The molecule has 0 saturated carbocycles. The van der Waals surface area contributed by atoms with Crippen LogP contribution in [0.1, 0.15) is 25.7 Å². The molecule has 6 nitrogen and oxygen atoms in total. The van der Waals surface area contributed by atoms with Crippen LogP contribution in [0.5, 0.6) is 0 Å². The van der Waals surface area contributed by atoms with Crippen LogP contribution in [0.15, 0.2) is 11.2 Å². The molecular weight excluding hydrogens is 276 g/mol. The van der Waals surface area contributed by atoms with Crippen molar-refractivity contribution in [3.63, 3.8) is 0 Å². The summed E-state index contributed by atoms with van der Waals surface area (Å²) in [6, 6.07) is 1.58. The van der Waals surface area contributed by atoms with E-state index in [0.717, 1.165) is 45.5 Å². The van der Waals surface area contributed by atoms with Gasteiger partial charge in [-0.1, -0.05) is 11.8 Å². The number of hydrogen-bond donors (Lipinski definition) is 2. The largest absolute Gasteiger partial charge is 0.383 e. The lowest BCUT2D eigenvalue weighted by molar-refractivity contribution is -0.131. The van der Waals surface area contributed by atoms with Gasteiger partial charge in [-0.05, 0) is 25.7 Å². The number of nitrogen functional groups attached to an aromatic ring is 2. The van der Waals surface area contributed by atoms with Gasteiger partial charge in [0.2, 0.25) is 0 Å². The van der Waals surface area contributed by atoms with Crippen molar-refractivity contribution in [2.75, 3.05) is 31.3 Å². The van der Waals surface area contributed by atoms with Gasteiger partial charge < -0.3 is 20.9 Å². The number of aromatic nitrogens is 2. The van der Waals surface area contributed by atoms with Gasteiger partial charge >= 0.3 is 0 Å². The predicted octanol–water partition coefficient (Wildman–Crippen LogP) is 1.46. The van der Waals surface area contributed by atoms with Crippen LogP contribution in [0, 0.1) is 0 Å². The SMILES string of the molecule is Nc1cc(N)nc(SC2CCOC3(CCOCC3)C2)n1. The summed E-state index contributed by atoms with van der Waals surface area (Å²) >= 11 is 1.66. The van der Waals surface area contributed by atoms with Crippen LogP contribution in [0.25, 0.3) is 0 Å². The number of ether oxygens (including phenoxy) is 2. The Morgan fingerprint density at radius 2 is 1.85 bits per heavy atom. The summed E-state index contributed by atoms with van der Waals surface area (Å²) in [6.07, 6.45) is 3.97. The molecule has 0 radical (unpaired) electrons. The van der Waals surface area contributed by atoms with Crippen molar-refractivity contribution >= 4 is 23.4 Å². The van der Waals surface area contributed by atoms with E-state index in [1.165, 1.54) is 0 Å². The topological polar surface area (TPSA) is 96.3 Å². The Bertz CT molecular complexity index is 454. The Balaban J connectivity index is 1.67. The average molecular weight is 296 g/mol. The Kier molecular flexibility index (Phi) is 4.00. The average Bonchev–Trinajstić information content (AvgIpc) is 2.38. The quantitative estimate of drug-likeness (QED) is 0.797. The van der Waals surface area contributed by atoms with Gasteiger partial charge in [0, 0.05) is 31.1 Å². The van der Waals surface area contributed by atoms with Crippen LogP contribution in [0.3, 0.4) is 0 Å². The van der Waals surface area contributed by atoms with Gasteiger partial charge in [-0.3, -0.25) is 0 Å². The Morgan fingerprint density at radius 3 is 2.55 bits per heavy atom. The maximum absolute atomic E-state index is 6.04. The number of thioether (sulfide) groups is 1. The Morgan fingerprint density at radius 1 is 1.15 bits per heavy atom. The van der Waals surface area contributed by atoms with Crippen LogP contribution in [0.4, 0.5) is 11.6 Å². The fourth-order valence-corrected chi connectivity index (χ4v) is 4.05. The van der Waals surface area contributed by atoms with E-state index in [1.807, 2.05) is 0 Å². The highest BCUT2D eigenvalue weighted by molar-refractivity contribution is 7.99. The molecule has 1 unspecified atom stereocenters. The molecule has 3 heterocycles. The van der Waals surface area contributed by atoms with Crippen molar-refractivity contribution < 1.29 is 9.47 Å². The maximum Gasteiger partial charge on any atom is 0.191 e. The molecule has 2 saturated heterocycles. The van der Waals surface area contributed by atoms with Gasteiger partial charge in [0.25, 0.3) is 0 Å². The van der Waals surface area contributed by atoms with Gasteiger partial charge in [-0.25, -0.2) is 9.97 Å². The third-order valence-corrected chi connectivity index (χ3v) is 5.00. The minimum atomic E-state index is -0.0139. The second-order valence-electron chi connectivity index (χ2n) is 5.38. The first-order chi connectivity index (χ1) is 9.65. The van der Waals surface area contributed by atoms with E-state index in [0.29, 0.717) is 22.0 Å². The Labute approximate surface area is 122 Å². The highest BCUT2D eigenvalue weighted by atomic mass is 32.2.